The zero-order valence-corrected chi connectivity index (χ0v) is 21.9. The van der Waals surface area contributed by atoms with Gasteiger partial charge in [0.15, 0.2) is 11.5 Å². The van der Waals surface area contributed by atoms with Crippen molar-refractivity contribution in [1.82, 2.24) is 5.43 Å². The molecule has 0 radical (unpaired) electrons. The molecule has 0 atom stereocenters. The van der Waals surface area contributed by atoms with E-state index >= 15 is 0 Å². The van der Waals surface area contributed by atoms with E-state index in [4.69, 9.17) is 14.2 Å². The summed E-state index contributed by atoms with van der Waals surface area (Å²) in [5, 5.41) is 8.01. The molecule has 0 heterocycles. The number of carbonyl (C=O) groups excluding carboxylic acids is 3. The Morgan fingerprint density at radius 2 is 1.53 bits per heavy atom. The van der Waals surface area contributed by atoms with Crippen LogP contribution in [0.2, 0.25) is 0 Å². The minimum absolute atomic E-state index is 0.209. The smallest absolute Gasteiger partial charge is 0.343 e. The fourth-order valence-corrected chi connectivity index (χ4v) is 3.81. The molecule has 2 N–H and O–H groups in total. The van der Waals surface area contributed by atoms with Gasteiger partial charge in [0.2, 0.25) is 0 Å². The van der Waals surface area contributed by atoms with Gasteiger partial charge < -0.3 is 19.5 Å². The van der Waals surface area contributed by atoms with Crippen LogP contribution in [0.25, 0.3) is 10.8 Å². The number of anilines is 1. The largest absolute Gasteiger partial charge is 0.493 e. The van der Waals surface area contributed by atoms with E-state index in [0.717, 1.165) is 15.2 Å². The van der Waals surface area contributed by atoms with Gasteiger partial charge in [0.25, 0.3) is 0 Å². The number of esters is 1. The standard InChI is InChI=1S/C28H22BrN3O6/c1-36-24-14-8-18(15-25(24)37-2)28(35)38-23-13-7-17-5-3-4-6-21(17)22(23)16-30-32-27(34)26(33)31-20-11-9-19(29)10-12-20/h3-16H,1-2H3,(H,31,33)(H,32,34). The molecule has 0 bridgehead atoms. The molecule has 4 aromatic carbocycles. The van der Waals surface area contributed by atoms with Gasteiger partial charge >= 0.3 is 17.8 Å². The number of carbonyl (C=O) groups is 3. The Morgan fingerprint density at radius 1 is 0.816 bits per heavy atom. The van der Waals surface area contributed by atoms with Crippen molar-refractivity contribution in [2.75, 3.05) is 19.5 Å². The Kier molecular flexibility index (Phi) is 8.34. The Morgan fingerprint density at radius 3 is 2.26 bits per heavy atom. The molecule has 4 rings (SSSR count). The van der Waals surface area contributed by atoms with Gasteiger partial charge in [-0.15, -0.1) is 0 Å². The minimum atomic E-state index is -0.965. The summed E-state index contributed by atoms with van der Waals surface area (Å²) >= 11 is 3.31. The Labute approximate surface area is 226 Å². The van der Waals surface area contributed by atoms with E-state index in [9.17, 15) is 14.4 Å². The van der Waals surface area contributed by atoms with E-state index in [1.807, 2.05) is 24.3 Å². The molecule has 38 heavy (non-hydrogen) atoms. The number of fused-ring (bicyclic) bond motifs is 1. The van der Waals surface area contributed by atoms with Gasteiger partial charge in [0.05, 0.1) is 26.0 Å². The number of nitrogens with zero attached hydrogens (tertiary/aromatic N) is 1. The van der Waals surface area contributed by atoms with Crippen molar-refractivity contribution in [2.45, 2.75) is 0 Å². The molecule has 9 nitrogen and oxygen atoms in total. The fourth-order valence-electron chi connectivity index (χ4n) is 3.55. The van der Waals surface area contributed by atoms with Gasteiger partial charge in [-0.1, -0.05) is 46.3 Å². The first-order valence-corrected chi connectivity index (χ1v) is 12.0. The number of hydrogen-bond acceptors (Lipinski definition) is 7. The van der Waals surface area contributed by atoms with Crippen molar-refractivity contribution < 1.29 is 28.6 Å². The maximum Gasteiger partial charge on any atom is 0.343 e. The molecule has 2 amide bonds. The van der Waals surface area contributed by atoms with E-state index in [1.165, 1.54) is 26.5 Å². The van der Waals surface area contributed by atoms with E-state index in [0.29, 0.717) is 22.7 Å². The normalized spacial score (nSPS) is 10.7. The van der Waals surface area contributed by atoms with Gasteiger partial charge in [0, 0.05) is 15.7 Å². The highest BCUT2D eigenvalue weighted by molar-refractivity contribution is 9.10. The van der Waals surface area contributed by atoms with Crippen LogP contribution in [-0.2, 0) is 9.59 Å². The van der Waals surface area contributed by atoms with Crippen molar-refractivity contribution in [3.05, 3.63) is 94.5 Å². The number of rotatable bonds is 7. The summed E-state index contributed by atoms with van der Waals surface area (Å²) in [6.07, 6.45) is 1.32. The molecule has 0 spiro atoms. The maximum atomic E-state index is 12.9. The van der Waals surface area contributed by atoms with E-state index in [-0.39, 0.29) is 11.3 Å². The number of methoxy groups -OCH3 is 2. The molecule has 0 unspecified atom stereocenters. The molecular weight excluding hydrogens is 554 g/mol. The van der Waals surface area contributed by atoms with Crippen molar-refractivity contribution in [2.24, 2.45) is 5.10 Å². The molecule has 4 aromatic rings. The van der Waals surface area contributed by atoms with Crippen LogP contribution in [0.15, 0.2) is 88.4 Å². The number of hydrazone groups is 1. The molecule has 0 saturated heterocycles. The second-order valence-electron chi connectivity index (χ2n) is 7.82. The summed E-state index contributed by atoms with van der Waals surface area (Å²) in [5.41, 5.74) is 3.34. The SMILES string of the molecule is COc1ccc(C(=O)Oc2ccc3ccccc3c2C=NNC(=O)C(=O)Nc2ccc(Br)cc2)cc1OC. The number of amides is 2. The van der Waals surface area contributed by atoms with E-state index in [2.05, 4.69) is 31.8 Å². The van der Waals surface area contributed by atoms with Crippen LogP contribution in [-0.4, -0.2) is 38.2 Å². The number of halogens is 1. The second kappa shape index (κ2) is 12.0. The monoisotopic (exact) mass is 575 g/mol. The summed E-state index contributed by atoms with van der Waals surface area (Å²) in [4.78, 5) is 37.4. The quantitative estimate of drug-likeness (QED) is 0.106. The summed E-state index contributed by atoms with van der Waals surface area (Å²) in [5.74, 6) is -1.42. The molecule has 0 aromatic heterocycles. The highest BCUT2D eigenvalue weighted by Crippen LogP contribution is 2.30. The third kappa shape index (κ3) is 6.16. The van der Waals surface area contributed by atoms with Gasteiger partial charge in [-0.25, -0.2) is 10.2 Å². The van der Waals surface area contributed by atoms with Gasteiger partial charge in [-0.3, -0.25) is 9.59 Å². The van der Waals surface area contributed by atoms with Crippen LogP contribution in [0.3, 0.4) is 0 Å². The van der Waals surface area contributed by atoms with Crippen LogP contribution in [0.1, 0.15) is 15.9 Å². The van der Waals surface area contributed by atoms with Crippen molar-refractivity contribution in [3.8, 4) is 17.2 Å². The molecule has 192 valence electrons. The van der Waals surface area contributed by atoms with Gasteiger partial charge in [0.1, 0.15) is 5.75 Å². The molecule has 0 aliphatic rings. The number of ether oxygens (including phenoxy) is 3. The highest BCUT2D eigenvalue weighted by Gasteiger charge is 2.17. The molecule has 0 aliphatic heterocycles. The fraction of sp³-hybridized carbons (Fsp3) is 0.0714. The van der Waals surface area contributed by atoms with Gasteiger partial charge in [-0.05, 0) is 59.3 Å². The summed E-state index contributed by atoms with van der Waals surface area (Å²) in [6, 6.07) is 22.3. The third-order valence-corrected chi connectivity index (χ3v) is 5.95. The van der Waals surface area contributed by atoms with Crippen molar-refractivity contribution in [3.63, 3.8) is 0 Å². The predicted molar refractivity (Wildman–Crippen MR) is 147 cm³/mol. The lowest BCUT2D eigenvalue weighted by atomic mass is 10.0. The van der Waals surface area contributed by atoms with Crippen molar-refractivity contribution in [1.29, 1.82) is 0 Å². The Bertz CT molecular complexity index is 1540. The van der Waals surface area contributed by atoms with Gasteiger partial charge in [-0.2, -0.15) is 5.10 Å². The zero-order valence-electron chi connectivity index (χ0n) is 20.4. The van der Waals surface area contributed by atoms with Crippen molar-refractivity contribution >= 4 is 56.4 Å². The number of benzene rings is 4. The minimum Gasteiger partial charge on any atom is -0.493 e. The molecule has 0 fully saturated rings. The van der Waals surface area contributed by atoms with Crippen LogP contribution >= 0.6 is 15.9 Å². The average Bonchev–Trinajstić information content (AvgIpc) is 2.94. The first kappa shape index (κ1) is 26.4. The van der Waals surface area contributed by atoms with Crippen LogP contribution < -0.4 is 25.0 Å². The first-order chi connectivity index (χ1) is 18.4. The van der Waals surface area contributed by atoms with Crippen LogP contribution in [0.4, 0.5) is 5.69 Å². The lowest BCUT2D eigenvalue weighted by molar-refractivity contribution is -0.136. The Hall–Kier alpha value is -4.70. The first-order valence-electron chi connectivity index (χ1n) is 11.3. The highest BCUT2D eigenvalue weighted by atomic mass is 79.9. The Balaban J connectivity index is 1.55. The lowest BCUT2D eigenvalue weighted by Gasteiger charge is -2.12. The average molecular weight is 576 g/mol. The van der Waals surface area contributed by atoms with Crippen LogP contribution in [0.5, 0.6) is 17.2 Å². The van der Waals surface area contributed by atoms with Crippen LogP contribution in [0, 0.1) is 0 Å². The number of hydrogen-bond donors (Lipinski definition) is 2. The predicted octanol–water partition coefficient (Wildman–Crippen LogP) is 4.93. The zero-order chi connectivity index (χ0) is 27.1. The van der Waals surface area contributed by atoms with E-state index < -0.39 is 17.8 Å². The molecule has 10 heteroatoms. The summed E-state index contributed by atoms with van der Waals surface area (Å²) < 4.78 is 17.0. The lowest BCUT2D eigenvalue weighted by Crippen LogP contribution is -2.32. The summed E-state index contributed by atoms with van der Waals surface area (Å²) in [6.45, 7) is 0. The third-order valence-electron chi connectivity index (χ3n) is 5.42. The van der Waals surface area contributed by atoms with E-state index in [1.54, 1.807) is 48.5 Å². The number of nitrogens with one attached hydrogen (secondary N) is 2. The maximum absolute atomic E-state index is 12.9. The second-order valence-corrected chi connectivity index (χ2v) is 8.73. The topological polar surface area (TPSA) is 115 Å². The molecular formula is C28H22BrN3O6. The molecule has 0 aliphatic carbocycles. The summed E-state index contributed by atoms with van der Waals surface area (Å²) in [7, 11) is 2.97. The molecule has 0 saturated carbocycles.